The number of nitrogens with zero attached hydrogens (tertiary/aromatic N) is 1. The van der Waals surface area contributed by atoms with E-state index in [0.29, 0.717) is 29.2 Å². The molecule has 7 nitrogen and oxygen atoms in total. The number of carbonyl (C=O) groups is 2. The highest BCUT2D eigenvalue weighted by Gasteiger charge is 2.15. The van der Waals surface area contributed by atoms with E-state index in [0.717, 1.165) is 5.56 Å². The molecule has 2 N–H and O–H groups in total. The van der Waals surface area contributed by atoms with E-state index in [9.17, 15) is 9.59 Å². The van der Waals surface area contributed by atoms with E-state index in [1.54, 1.807) is 44.6 Å². The Morgan fingerprint density at radius 1 is 1.04 bits per heavy atom. The van der Waals surface area contributed by atoms with Gasteiger partial charge in [0.1, 0.15) is 6.07 Å². The molecule has 0 aromatic heterocycles. The van der Waals surface area contributed by atoms with Crippen molar-refractivity contribution in [3.05, 3.63) is 53.6 Å². The average molecular weight is 353 g/mol. The van der Waals surface area contributed by atoms with Crippen LogP contribution in [0.15, 0.2) is 42.5 Å². The van der Waals surface area contributed by atoms with Crippen LogP contribution in [0.25, 0.3) is 0 Å². The molecule has 0 bridgehead atoms. The van der Waals surface area contributed by atoms with E-state index < -0.39 is 11.8 Å². The monoisotopic (exact) mass is 353 g/mol. The number of rotatable bonds is 6. The van der Waals surface area contributed by atoms with Crippen molar-refractivity contribution in [3.63, 3.8) is 0 Å². The van der Waals surface area contributed by atoms with Crippen molar-refractivity contribution in [2.75, 3.05) is 26.1 Å². The second kappa shape index (κ2) is 9.08. The number of hydrogen-bond donors (Lipinski definition) is 2. The molecule has 0 spiro atoms. The Morgan fingerprint density at radius 3 is 2.46 bits per heavy atom. The van der Waals surface area contributed by atoms with E-state index in [4.69, 9.17) is 14.7 Å². The fourth-order valence-corrected chi connectivity index (χ4v) is 2.31. The SMILES string of the molecule is COc1ccc(CCNC(=O)C(=O)Nc2ccccc2C#N)cc1OC. The topological polar surface area (TPSA) is 100 Å². The molecular formula is C19H19N3O4. The van der Waals surface area contributed by atoms with Crippen LogP contribution in [0.3, 0.4) is 0 Å². The molecule has 0 radical (unpaired) electrons. The largest absolute Gasteiger partial charge is 0.493 e. The normalized spacial score (nSPS) is 9.73. The van der Waals surface area contributed by atoms with E-state index in [1.165, 1.54) is 0 Å². The minimum Gasteiger partial charge on any atom is -0.493 e. The number of benzene rings is 2. The highest BCUT2D eigenvalue weighted by molar-refractivity contribution is 6.39. The number of ether oxygens (including phenoxy) is 2. The molecule has 0 heterocycles. The van der Waals surface area contributed by atoms with Crippen LogP contribution in [0.5, 0.6) is 11.5 Å². The molecule has 2 rings (SSSR count). The lowest BCUT2D eigenvalue weighted by Crippen LogP contribution is -2.36. The van der Waals surface area contributed by atoms with Gasteiger partial charge in [-0.25, -0.2) is 0 Å². The first-order valence-electron chi connectivity index (χ1n) is 7.88. The van der Waals surface area contributed by atoms with Crippen molar-refractivity contribution in [2.24, 2.45) is 0 Å². The van der Waals surface area contributed by atoms with Crippen LogP contribution in [0.4, 0.5) is 5.69 Å². The molecule has 0 aliphatic heterocycles. The van der Waals surface area contributed by atoms with Gasteiger partial charge in [-0.15, -0.1) is 0 Å². The number of methoxy groups -OCH3 is 2. The molecule has 2 amide bonds. The van der Waals surface area contributed by atoms with Crippen molar-refractivity contribution in [1.29, 1.82) is 5.26 Å². The number of hydrogen-bond acceptors (Lipinski definition) is 5. The second-order valence-corrected chi connectivity index (χ2v) is 5.31. The summed E-state index contributed by atoms with van der Waals surface area (Å²) in [4.78, 5) is 23.8. The molecule has 0 saturated carbocycles. The van der Waals surface area contributed by atoms with E-state index >= 15 is 0 Å². The molecule has 134 valence electrons. The fraction of sp³-hybridized carbons (Fsp3) is 0.211. The zero-order chi connectivity index (χ0) is 18.9. The first-order valence-corrected chi connectivity index (χ1v) is 7.88. The Morgan fingerprint density at radius 2 is 1.77 bits per heavy atom. The molecular weight excluding hydrogens is 334 g/mol. The Labute approximate surface area is 151 Å². The van der Waals surface area contributed by atoms with Crippen molar-refractivity contribution < 1.29 is 19.1 Å². The predicted molar refractivity (Wildman–Crippen MR) is 96.0 cm³/mol. The van der Waals surface area contributed by atoms with Crippen LogP contribution in [-0.4, -0.2) is 32.6 Å². The number of carbonyl (C=O) groups excluding carboxylic acids is 2. The third kappa shape index (κ3) is 4.74. The Balaban J connectivity index is 1.88. The van der Waals surface area contributed by atoms with Crippen LogP contribution >= 0.6 is 0 Å². The zero-order valence-electron chi connectivity index (χ0n) is 14.5. The molecule has 0 atom stereocenters. The maximum absolute atomic E-state index is 11.9. The summed E-state index contributed by atoms with van der Waals surface area (Å²) in [6, 6.07) is 13.9. The Bertz CT molecular complexity index is 843. The summed E-state index contributed by atoms with van der Waals surface area (Å²) in [6.07, 6.45) is 0.522. The number of para-hydroxylation sites is 1. The summed E-state index contributed by atoms with van der Waals surface area (Å²) in [5.41, 5.74) is 1.52. The van der Waals surface area contributed by atoms with E-state index in [1.807, 2.05) is 18.2 Å². The molecule has 2 aromatic rings. The van der Waals surface area contributed by atoms with E-state index in [2.05, 4.69) is 10.6 Å². The molecule has 0 aliphatic carbocycles. The van der Waals surface area contributed by atoms with Crippen LogP contribution in [0.1, 0.15) is 11.1 Å². The third-order valence-corrected chi connectivity index (χ3v) is 3.65. The van der Waals surface area contributed by atoms with Gasteiger partial charge in [-0.05, 0) is 36.2 Å². The van der Waals surface area contributed by atoms with Crippen LogP contribution < -0.4 is 20.1 Å². The predicted octanol–water partition coefficient (Wildman–Crippen LogP) is 1.87. The lowest BCUT2D eigenvalue weighted by Gasteiger charge is -2.10. The summed E-state index contributed by atoms with van der Waals surface area (Å²) < 4.78 is 10.4. The van der Waals surface area contributed by atoms with Crippen LogP contribution in [-0.2, 0) is 16.0 Å². The van der Waals surface area contributed by atoms with Crippen LogP contribution in [0.2, 0.25) is 0 Å². The van der Waals surface area contributed by atoms with Gasteiger partial charge in [0.2, 0.25) is 0 Å². The van der Waals surface area contributed by atoms with Crippen molar-refractivity contribution in [1.82, 2.24) is 5.32 Å². The van der Waals surface area contributed by atoms with Crippen molar-refractivity contribution in [3.8, 4) is 17.6 Å². The third-order valence-electron chi connectivity index (χ3n) is 3.65. The highest BCUT2D eigenvalue weighted by Crippen LogP contribution is 2.27. The number of anilines is 1. The fourth-order valence-electron chi connectivity index (χ4n) is 2.31. The zero-order valence-corrected chi connectivity index (χ0v) is 14.5. The van der Waals surface area contributed by atoms with E-state index in [-0.39, 0.29) is 6.54 Å². The minimum absolute atomic E-state index is 0.279. The molecule has 0 fully saturated rings. The average Bonchev–Trinajstić information content (AvgIpc) is 2.68. The summed E-state index contributed by atoms with van der Waals surface area (Å²) in [6.45, 7) is 0.279. The van der Waals surface area contributed by atoms with Gasteiger partial charge in [-0.2, -0.15) is 5.26 Å². The number of nitriles is 1. The van der Waals surface area contributed by atoms with Gasteiger partial charge in [-0.1, -0.05) is 18.2 Å². The van der Waals surface area contributed by atoms with Gasteiger partial charge < -0.3 is 20.1 Å². The molecule has 7 heteroatoms. The van der Waals surface area contributed by atoms with Gasteiger partial charge in [0.15, 0.2) is 11.5 Å². The first-order chi connectivity index (χ1) is 12.6. The maximum Gasteiger partial charge on any atom is 0.313 e. The standard InChI is InChI=1S/C19H19N3O4/c1-25-16-8-7-13(11-17(16)26-2)9-10-21-18(23)19(24)22-15-6-4-3-5-14(15)12-20/h3-8,11H,9-10H2,1-2H3,(H,21,23)(H,22,24). The second-order valence-electron chi connectivity index (χ2n) is 5.31. The molecule has 26 heavy (non-hydrogen) atoms. The summed E-state index contributed by atoms with van der Waals surface area (Å²) in [5.74, 6) is -0.365. The number of nitrogens with one attached hydrogen (secondary N) is 2. The lowest BCUT2D eigenvalue weighted by atomic mass is 10.1. The van der Waals surface area contributed by atoms with Gasteiger partial charge in [0.25, 0.3) is 0 Å². The number of amides is 2. The van der Waals surface area contributed by atoms with Crippen molar-refractivity contribution >= 4 is 17.5 Å². The van der Waals surface area contributed by atoms with Crippen molar-refractivity contribution in [2.45, 2.75) is 6.42 Å². The minimum atomic E-state index is -0.819. The Hall–Kier alpha value is -3.53. The quantitative estimate of drug-likeness (QED) is 0.772. The van der Waals surface area contributed by atoms with Crippen LogP contribution in [0, 0.1) is 11.3 Å². The van der Waals surface area contributed by atoms with Gasteiger partial charge in [0, 0.05) is 6.54 Å². The summed E-state index contributed by atoms with van der Waals surface area (Å²) in [5, 5.41) is 14.0. The molecule has 2 aromatic carbocycles. The molecule has 0 unspecified atom stereocenters. The summed E-state index contributed by atoms with van der Waals surface area (Å²) in [7, 11) is 3.10. The lowest BCUT2D eigenvalue weighted by molar-refractivity contribution is -0.136. The summed E-state index contributed by atoms with van der Waals surface area (Å²) >= 11 is 0. The van der Waals surface area contributed by atoms with Gasteiger partial charge >= 0.3 is 11.8 Å². The highest BCUT2D eigenvalue weighted by atomic mass is 16.5. The van der Waals surface area contributed by atoms with Gasteiger partial charge in [0.05, 0.1) is 25.5 Å². The smallest absolute Gasteiger partial charge is 0.313 e. The van der Waals surface area contributed by atoms with Gasteiger partial charge in [-0.3, -0.25) is 9.59 Å². The maximum atomic E-state index is 11.9. The Kier molecular flexibility index (Phi) is 6.57. The molecule has 0 aliphatic rings. The molecule has 0 saturated heterocycles. The first kappa shape index (κ1) is 18.8.